The smallest absolute Gasteiger partial charge is 0.321 e. The largest absolute Gasteiger partial charge is 0.480 e. The second-order valence-electron chi connectivity index (χ2n) is 3.02. The minimum atomic E-state index is -1.02. The van der Waals surface area contributed by atoms with Crippen LogP contribution < -0.4 is 5.73 Å². The predicted octanol–water partition coefficient (Wildman–Crippen LogP) is 2.03. The number of hydrogen-bond donors (Lipinski definition) is 2. The number of nitrogens with zero attached hydrogens (tertiary/aromatic N) is 1. The minimum Gasteiger partial charge on any atom is -0.480 e. The lowest BCUT2D eigenvalue weighted by Crippen LogP contribution is -2.32. The molecule has 0 radical (unpaired) electrons. The molecule has 1 heterocycles. The van der Waals surface area contributed by atoms with E-state index in [2.05, 4.69) is 4.98 Å². The Bertz CT molecular complexity index is 390. The molecule has 0 aliphatic heterocycles. The van der Waals surface area contributed by atoms with Crippen molar-refractivity contribution in [1.82, 2.24) is 4.98 Å². The molecule has 1 aromatic rings. The summed E-state index contributed by atoms with van der Waals surface area (Å²) in [5, 5.41) is 9.45. The highest BCUT2D eigenvalue weighted by Gasteiger charge is 2.12. The van der Waals surface area contributed by atoms with E-state index in [1.807, 2.05) is 0 Å². The number of pyridine rings is 1. The number of carbonyl (C=O) groups is 1. The third kappa shape index (κ3) is 4.17. The van der Waals surface area contributed by atoms with E-state index in [1.54, 1.807) is 12.1 Å². The van der Waals surface area contributed by atoms with Crippen LogP contribution in [0.3, 0.4) is 0 Å². The zero-order valence-electron chi connectivity index (χ0n) is 8.19. The third-order valence-electron chi connectivity index (χ3n) is 1.74. The van der Waals surface area contributed by atoms with Crippen LogP contribution in [0.2, 0.25) is 10.2 Å². The average Bonchev–Trinajstić information content (AvgIpc) is 2.22. The number of aromatic nitrogens is 1. The Labute approximate surface area is 107 Å². The number of nitrogens with two attached hydrogens (primary N) is 1. The van der Waals surface area contributed by atoms with E-state index in [-0.39, 0.29) is 0 Å². The van der Waals surface area contributed by atoms with Crippen LogP contribution in [0.4, 0.5) is 0 Å². The summed E-state index contributed by atoms with van der Waals surface area (Å²) in [7, 11) is 0. The van der Waals surface area contributed by atoms with E-state index >= 15 is 0 Å². The van der Waals surface area contributed by atoms with Crippen LogP contribution in [-0.2, 0) is 10.5 Å². The van der Waals surface area contributed by atoms with Crippen molar-refractivity contribution in [3.63, 3.8) is 0 Å². The van der Waals surface area contributed by atoms with Crippen LogP contribution in [0.1, 0.15) is 5.69 Å². The van der Waals surface area contributed by atoms with E-state index < -0.39 is 12.0 Å². The fraction of sp³-hybridized carbons (Fsp3) is 0.333. The van der Waals surface area contributed by atoms with Crippen LogP contribution in [0.5, 0.6) is 0 Å². The highest BCUT2D eigenvalue weighted by Crippen LogP contribution is 2.21. The quantitative estimate of drug-likeness (QED) is 0.808. The van der Waals surface area contributed by atoms with Crippen molar-refractivity contribution in [2.24, 2.45) is 5.73 Å². The number of carboxylic acids is 1. The Morgan fingerprint density at radius 2 is 2.25 bits per heavy atom. The van der Waals surface area contributed by atoms with Crippen molar-refractivity contribution in [3.05, 3.63) is 28.0 Å². The summed E-state index contributed by atoms with van der Waals surface area (Å²) >= 11 is 13.0. The second kappa shape index (κ2) is 6.30. The van der Waals surface area contributed by atoms with Gasteiger partial charge >= 0.3 is 5.97 Å². The van der Waals surface area contributed by atoms with Crippen LogP contribution in [0.25, 0.3) is 0 Å². The molecule has 0 saturated carbocycles. The number of halogens is 2. The van der Waals surface area contributed by atoms with Gasteiger partial charge in [0.05, 0.1) is 10.7 Å². The molecule has 1 rings (SSSR count). The Hall–Kier alpha value is -0.490. The standard InChI is InChI=1S/C9H10Cl2N2O2S/c10-5-1-2-8(11)13-7(5)4-16-3-6(12)9(14)15/h1-2,6H,3-4,12H2,(H,14,15). The van der Waals surface area contributed by atoms with Crippen molar-refractivity contribution in [1.29, 1.82) is 0 Å². The van der Waals surface area contributed by atoms with Crippen LogP contribution in [0, 0.1) is 0 Å². The maximum atomic E-state index is 10.5. The lowest BCUT2D eigenvalue weighted by atomic mass is 10.4. The summed E-state index contributed by atoms with van der Waals surface area (Å²) in [5.41, 5.74) is 5.98. The maximum Gasteiger partial charge on any atom is 0.321 e. The predicted molar refractivity (Wildman–Crippen MR) is 66.0 cm³/mol. The molecule has 1 unspecified atom stereocenters. The molecule has 88 valence electrons. The van der Waals surface area contributed by atoms with Gasteiger partial charge in [0.25, 0.3) is 0 Å². The van der Waals surface area contributed by atoms with Gasteiger partial charge in [-0.3, -0.25) is 4.79 Å². The van der Waals surface area contributed by atoms with Gasteiger partial charge in [0.15, 0.2) is 0 Å². The first kappa shape index (κ1) is 13.6. The molecule has 0 fully saturated rings. The first-order valence-electron chi connectivity index (χ1n) is 4.37. The van der Waals surface area contributed by atoms with Crippen molar-refractivity contribution < 1.29 is 9.90 Å². The van der Waals surface area contributed by atoms with Crippen molar-refractivity contribution in [2.45, 2.75) is 11.8 Å². The number of hydrogen-bond acceptors (Lipinski definition) is 4. The molecule has 1 atom stereocenters. The first-order chi connectivity index (χ1) is 7.50. The summed E-state index contributed by atoms with van der Waals surface area (Å²) in [6.07, 6.45) is 0. The molecule has 0 aromatic carbocycles. The molecule has 0 aliphatic rings. The van der Waals surface area contributed by atoms with Gasteiger partial charge in [0.2, 0.25) is 0 Å². The molecule has 3 N–H and O–H groups in total. The molecule has 1 aromatic heterocycles. The van der Waals surface area contributed by atoms with Gasteiger partial charge in [-0.25, -0.2) is 4.98 Å². The van der Waals surface area contributed by atoms with E-state index in [0.29, 0.717) is 27.4 Å². The molecule has 0 saturated heterocycles. The van der Waals surface area contributed by atoms with E-state index in [1.165, 1.54) is 11.8 Å². The molecule has 0 spiro atoms. The SMILES string of the molecule is NC(CSCc1nc(Cl)ccc1Cl)C(=O)O. The first-order valence-corrected chi connectivity index (χ1v) is 6.29. The summed E-state index contributed by atoms with van der Waals surface area (Å²) in [4.78, 5) is 14.5. The van der Waals surface area contributed by atoms with Crippen molar-refractivity contribution >= 4 is 40.9 Å². The normalized spacial score (nSPS) is 12.4. The molecule has 0 aliphatic carbocycles. The third-order valence-corrected chi connectivity index (χ3v) is 3.37. The fourth-order valence-corrected chi connectivity index (χ4v) is 2.26. The highest BCUT2D eigenvalue weighted by atomic mass is 35.5. The highest BCUT2D eigenvalue weighted by molar-refractivity contribution is 7.98. The van der Waals surface area contributed by atoms with Gasteiger partial charge in [-0.2, -0.15) is 11.8 Å². The lowest BCUT2D eigenvalue weighted by molar-refractivity contribution is -0.137. The number of thioether (sulfide) groups is 1. The van der Waals surface area contributed by atoms with Crippen molar-refractivity contribution in [3.8, 4) is 0 Å². The van der Waals surface area contributed by atoms with E-state index in [0.717, 1.165) is 0 Å². The van der Waals surface area contributed by atoms with Gasteiger partial charge in [-0.1, -0.05) is 23.2 Å². The lowest BCUT2D eigenvalue weighted by Gasteiger charge is -2.06. The summed E-state index contributed by atoms with van der Waals surface area (Å²) < 4.78 is 0. The van der Waals surface area contributed by atoms with Crippen molar-refractivity contribution in [2.75, 3.05) is 5.75 Å². The molecule has 7 heteroatoms. The summed E-state index contributed by atoms with van der Waals surface area (Å²) in [5.74, 6) is -0.224. The summed E-state index contributed by atoms with van der Waals surface area (Å²) in [6, 6.07) is 2.38. The Morgan fingerprint density at radius 1 is 1.56 bits per heavy atom. The number of carboxylic acid groups (broad SMARTS) is 1. The van der Waals surface area contributed by atoms with E-state index in [4.69, 9.17) is 34.0 Å². The molecule has 4 nitrogen and oxygen atoms in total. The van der Waals surface area contributed by atoms with Gasteiger partial charge in [0, 0.05) is 11.5 Å². The Kier molecular flexibility index (Phi) is 5.34. The Balaban J connectivity index is 2.48. The molecule has 0 bridgehead atoms. The van der Waals surface area contributed by atoms with Gasteiger partial charge in [-0.15, -0.1) is 0 Å². The molecular weight excluding hydrogens is 271 g/mol. The zero-order valence-corrected chi connectivity index (χ0v) is 10.5. The van der Waals surface area contributed by atoms with Crippen LogP contribution in [0.15, 0.2) is 12.1 Å². The monoisotopic (exact) mass is 280 g/mol. The second-order valence-corrected chi connectivity index (χ2v) is 4.85. The Morgan fingerprint density at radius 3 is 2.88 bits per heavy atom. The zero-order chi connectivity index (χ0) is 12.1. The van der Waals surface area contributed by atoms with E-state index in [9.17, 15) is 4.79 Å². The van der Waals surface area contributed by atoms with Gasteiger partial charge in [0.1, 0.15) is 11.2 Å². The number of rotatable bonds is 5. The number of aliphatic carboxylic acids is 1. The molecule has 16 heavy (non-hydrogen) atoms. The van der Waals surface area contributed by atoms with Gasteiger partial charge < -0.3 is 10.8 Å². The van der Waals surface area contributed by atoms with Crippen LogP contribution in [-0.4, -0.2) is 27.9 Å². The maximum absolute atomic E-state index is 10.5. The van der Waals surface area contributed by atoms with Crippen LogP contribution >= 0.6 is 35.0 Å². The average molecular weight is 281 g/mol. The fourth-order valence-electron chi connectivity index (χ4n) is 0.913. The summed E-state index contributed by atoms with van der Waals surface area (Å²) in [6.45, 7) is 0. The minimum absolute atomic E-state index is 0.305. The molecular formula is C9H10Cl2N2O2S. The topological polar surface area (TPSA) is 76.2 Å². The molecule has 0 amide bonds. The van der Waals surface area contributed by atoms with Gasteiger partial charge in [-0.05, 0) is 12.1 Å².